The number of hydrogen-bond donors (Lipinski definition) is 1. The number of rotatable bonds is 7. The zero-order valence-electron chi connectivity index (χ0n) is 18.6. The molecule has 2 aromatic carbocycles. The summed E-state index contributed by atoms with van der Waals surface area (Å²) >= 11 is 0. The number of amides is 1. The van der Waals surface area contributed by atoms with Gasteiger partial charge < -0.3 is 19.5 Å². The predicted molar refractivity (Wildman–Crippen MR) is 120 cm³/mol. The van der Waals surface area contributed by atoms with Crippen molar-refractivity contribution in [3.8, 4) is 11.5 Å². The maximum absolute atomic E-state index is 12.6. The third-order valence-electron chi connectivity index (χ3n) is 5.85. The molecule has 1 fully saturated rings. The van der Waals surface area contributed by atoms with Gasteiger partial charge in [0.1, 0.15) is 5.60 Å². The molecule has 1 amide bonds. The van der Waals surface area contributed by atoms with Crippen LogP contribution in [0.2, 0.25) is 0 Å². The number of fused-ring (bicyclic) bond motifs is 1. The highest BCUT2D eigenvalue weighted by molar-refractivity contribution is 5.77. The second-order valence-electron chi connectivity index (χ2n) is 8.95. The highest BCUT2D eigenvalue weighted by atomic mass is 16.5. The first-order valence-corrected chi connectivity index (χ1v) is 11.0. The molecule has 2 heterocycles. The lowest BCUT2D eigenvalue weighted by Crippen LogP contribution is -2.44. The molecule has 6 nitrogen and oxygen atoms in total. The van der Waals surface area contributed by atoms with Crippen LogP contribution in [0.1, 0.15) is 36.6 Å². The average molecular weight is 425 g/mol. The number of ether oxygens (including phenoxy) is 3. The zero-order valence-corrected chi connectivity index (χ0v) is 18.6. The number of aryl methyl sites for hydroxylation is 1. The summed E-state index contributed by atoms with van der Waals surface area (Å²) in [6.45, 7) is 9.83. The molecule has 2 aliphatic rings. The normalized spacial score (nSPS) is 18.7. The van der Waals surface area contributed by atoms with Crippen molar-refractivity contribution in [3.05, 3.63) is 59.2 Å². The summed E-state index contributed by atoms with van der Waals surface area (Å²) in [5.41, 5.74) is 3.30. The number of para-hydroxylation sites is 1. The number of hydrogen-bond acceptors (Lipinski definition) is 5. The zero-order chi connectivity index (χ0) is 21.8. The fourth-order valence-corrected chi connectivity index (χ4v) is 4.24. The quantitative estimate of drug-likeness (QED) is 0.739. The number of morpholine rings is 1. The lowest BCUT2D eigenvalue weighted by atomic mass is 10.0. The van der Waals surface area contributed by atoms with Crippen molar-refractivity contribution in [2.24, 2.45) is 0 Å². The molecule has 31 heavy (non-hydrogen) atoms. The van der Waals surface area contributed by atoms with Crippen molar-refractivity contribution in [2.45, 2.75) is 38.8 Å². The standard InChI is InChI=1S/C25H32N2O4/c1-18-7-9-19(10-8-18)21(27-11-13-29-14-12-27)16-26-23(28)17-30-22-6-4-5-20-15-25(2,3)31-24(20)22/h4-10,21H,11-17H2,1-3H3,(H,26,28). The van der Waals surface area contributed by atoms with Gasteiger partial charge in [-0.3, -0.25) is 9.69 Å². The van der Waals surface area contributed by atoms with Gasteiger partial charge in [-0.15, -0.1) is 0 Å². The van der Waals surface area contributed by atoms with Crippen molar-refractivity contribution in [2.75, 3.05) is 39.5 Å². The van der Waals surface area contributed by atoms with Crippen molar-refractivity contribution in [3.63, 3.8) is 0 Å². The minimum absolute atomic E-state index is 0.0377. The Kier molecular flexibility index (Phi) is 6.49. The van der Waals surface area contributed by atoms with E-state index in [1.807, 2.05) is 18.2 Å². The minimum Gasteiger partial charge on any atom is -0.483 e. The fourth-order valence-electron chi connectivity index (χ4n) is 4.24. The Morgan fingerprint density at radius 3 is 2.65 bits per heavy atom. The molecule has 2 aliphatic heterocycles. The summed E-state index contributed by atoms with van der Waals surface area (Å²) in [4.78, 5) is 15.0. The van der Waals surface area contributed by atoms with E-state index in [2.05, 4.69) is 55.3 Å². The first-order chi connectivity index (χ1) is 14.9. The third-order valence-corrected chi connectivity index (χ3v) is 5.85. The van der Waals surface area contributed by atoms with Crippen LogP contribution < -0.4 is 14.8 Å². The smallest absolute Gasteiger partial charge is 0.258 e. The highest BCUT2D eigenvalue weighted by Gasteiger charge is 2.32. The van der Waals surface area contributed by atoms with Gasteiger partial charge >= 0.3 is 0 Å². The Morgan fingerprint density at radius 1 is 1.16 bits per heavy atom. The molecule has 6 heteroatoms. The number of nitrogens with one attached hydrogen (secondary N) is 1. The molecular weight excluding hydrogens is 392 g/mol. The summed E-state index contributed by atoms with van der Waals surface area (Å²) in [6, 6.07) is 14.5. The van der Waals surface area contributed by atoms with Gasteiger partial charge in [-0.05, 0) is 32.4 Å². The molecule has 1 saturated heterocycles. The minimum atomic E-state index is -0.247. The predicted octanol–water partition coefficient (Wildman–Crippen LogP) is 3.28. The van der Waals surface area contributed by atoms with Crippen LogP contribution in [-0.2, 0) is 16.0 Å². The second-order valence-corrected chi connectivity index (χ2v) is 8.95. The van der Waals surface area contributed by atoms with E-state index >= 15 is 0 Å². The van der Waals surface area contributed by atoms with E-state index in [0.29, 0.717) is 12.3 Å². The van der Waals surface area contributed by atoms with Crippen molar-refractivity contribution in [1.82, 2.24) is 10.2 Å². The van der Waals surface area contributed by atoms with E-state index < -0.39 is 0 Å². The summed E-state index contributed by atoms with van der Waals surface area (Å²) in [5, 5.41) is 3.06. The van der Waals surface area contributed by atoms with Gasteiger partial charge in [0, 0.05) is 31.6 Å². The average Bonchev–Trinajstić information content (AvgIpc) is 3.08. The maximum atomic E-state index is 12.6. The molecule has 1 unspecified atom stereocenters. The van der Waals surface area contributed by atoms with Crippen LogP contribution in [0.3, 0.4) is 0 Å². The molecule has 1 atom stereocenters. The van der Waals surface area contributed by atoms with Crippen LogP contribution in [0.4, 0.5) is 0 Å². The van der Waals surface area contributed by atoms with E-state index in [1.165, 1.54) is 11.1 Å². The van der Waals surface area contributed by atoms with Gasteiger partial charge in [-0.1, -0.05) is 42.0 Å². The monoisotopic (exact) mass is 424 g/mol. The first-order valence-electron chi connectivity index (χ1n) is 11.0. The Labute approximate surface area is 184 Å². The largest absolute Gasteiger partial charge is 0.483 e. The lowest BCUT2D eigenvalue weighted by molar-refractivity contribution is -0.123. The summed E-state index contributed by atoms with van der Waals surface area (Å²) in [6.07, 6.45) is 0.837. The van der Waals surface area contributed by atoms with Crippen molar-refractivity contribution >= 4 is 5.91 Å². The number of benzene rings is 2. The van der Waals surface area contributed by atoms with Crippen molar-refractivity contribution in [1.29, 1.82) is 0 Å². The third kappa shape index (κ3) is 5.38. The van der Waals surface area contributed by atoms with E-state index in [4.69, 9.17) is 14.2 Å². The van der Waals surface area contributed by atoms with Gasteiger partial charge in [0.2, 0.25) is 0 Å². The summed E-state index contributed by atoms with van der Waals surface area (Å²) < 4.78 is 17.4. The van der Waals surface area contributed by atoms with E-state index in [1.54, 1.807) is 0 Å². The molecule has 0 radical (unpaired) electrons. The van der Waals surface area contributed by atoms with E-state index in [9.17, 15) is 4.79 Å². The lowest BCUT2D eigenvalue weighted by Gasteiger charge is -2.35. The number of nitrogens with zero attached hydrogens (tertiary/aromatic N) is 1. The van der Waals surface area contributed by atoms with Gasteiger partial charge in [0.15, 0.2) is 18.1 Å². The summed E-state index contributed by atoms with van der Waals surface area (Å²) in [7, 11) is 0. The Bertz CT molecular complexity index is 904. The molecule has 0 saturated carbocycles. The van der Waals surface area contributed by atoms with Gasteiger partial charge in [-0.25, -0.2) is 0 Å². The Hall–Kier alpha value is -2.57. The molecule has 0 aromatic heterocycles. The van der Waals surface area contributed by atoms with Crippen LogP contribution in [-0.4, -0.2) is 55.9 Å². The van der Waals surface area contributed by atoms with Gasteiger partial charge in [0.25, 0.3) is 5.91 Å². The Morgan fingerprint density at radius 2 is 1.90 bits per heavy atom. The van der Waals surface area contributed by atoms with Crippen LogP contribution in [0.5, 0.6) is 11.5 Å². The van der Waals surface area contributed by atoms with Crippen LogP contribution in [0.25, 0.3) is 0 Å². The first kappa shape index (κ1) is 21.7. The highest BCUT2D eigenvalue weighted by Crippen LogP contribution is 2.41. The molecule has 0 bridgehead atoms. The molecule has 4 rings (SSSR count). The van der Waals surface area contributed by atoms with Crippen molar-refractivity contribution < 1.29 is 19.0 Å². The molecule has 1 N–H and O–H groups in total. The Balaban J connectivity index is 1.36. The van der Waals surface area contributed by atoms with Crippen LogP contribution in [0, 0.1) is 6.92 Å². The summed E-state index contributed by atoms with van der Waals surface area (Å²) in [5.74, 6) is 1.24. The SMILES string of the molecule is Cc1ccc(C(CNC(=O)COc2cccc3c2OC(C)(C)C3)N2CCOCC2)cc1. The molecule has 2 aromatic rings. The van der Waals surface area contributed by atoms with E-state index in [-0.39, 0.29) is 24.2 Å². The van der Waals surface area contributed by atoms with Gasteiger partial charge in [0.05, 0.1) is 19.3 Å². The molecule has 166 valence electrons. The molecule has 0 aliphatic carbocycles. The van der Waals surface area contributed by atoms with E-state index in [0.717, 1.165) is 44.0 Å². The maximum Gasteiger partial charge on any atom is 0.258 e. The van der Waals surface area contributed by atoms with Crippen LogP contribution in [0.15, 0.2) is 42.5 Å². The number of carbonyl (C=O) groups excluding carboxylic acids is 1. The molecule has 0 spiro atoms. The van der Waals surface area contributed by atoms with Crippen LogP contribution >= 0.6 is 0 Å². The second kappa shape index (κ2) is 9.28. The molecular formula is C25H32N2O4. The van der Waals surface area contributed by atoms with Gasteiger partial charge in [-0.2, -0.15) is 0 Å². The fraction of sp³-hybridized carbons (Fsp3) is 0.480. The number of carbonyl (C=O) groups is 1. The topological polar surface area (TPSA) is 60.0 Å².